The number of rotatable bonds is 3. The van der Waals surface area contributed by atoms with Crippen molar-refractivity contribution in [2.75, 3.05) is 19.6 Å². The van der Waals surface area contributed by atoms with Crippen LogP contribution in [0.5, 0.6) is 0 Å². The number of likely N-dealkylation sites (tertiary alicyclic amines) is 1. The van der Waals surface area contributed by atoms with Crippen LogP contribution in [0, 0.1) is 29.1 Å². The zero-order valence-electron chi connectivity index (χ0n) is 13.2. The molecule has 0 amide bonds. The maximum absolute atomic E-state index is 6.16. The van der Waals surface area contributed by atoms with Gasteiger partial charge in [0.15, 0.2) is 0 Å². The van der Waals surface area contributed by atoms with E-state index in [1.807, 2.05) is 0 Å². The minimum absolute atomic E-state index is 0.383. The van der Waals surface area contributed by atoms with E-state index in [1.165, 1.54) is 32.5 Å². The summed E-state index contributed by atoms with van der Waals surface area (Å²) in [6, 6.07) is 0.383. The molecule has 5 rings (SSSR count). The predicted molar refractivity (Wildman–Crippen MR) is 83.4 cm³/mol. The van der Waals surface area contributed by atoms with Crippen LogP contribution in [0.15, 0.2) is 0 Å². The van der Waals surface area contributed by atoms with Gasteiger partial charge in [-0.1, -0.05) is 0 Å². The summed E-state index contributed by atoms with van der Waals surface area (Å²) in [4.78, 5) is 2.80. The Labute approximate surface area is 124 Å². The molecule has 1 saturated heterocycles. The second-order valence-corrected chi connectivity index (χ2v) is 8.91. The molecule has 0 spiro atoms. The van der Waals surface area contributed by atoms with E-state index < -0.39 is 0 Å². The van der Waals surface area contributed by atoms with Crippen LogP contribution in [-0.2, 0) is 0 Å². The minimum Gasteiger partial charge on any atom is -0.328 e. The first-order valence-electron chi connectivity index (χ1n) is 9.10. The van der Waals surface area contributed by atoms with Crippen molar-refractivity contribution < 1.29 is 0 Å². The zero-order valence-corrected chi connectivity index (χ0v) is 13.2. The van der Waals surface area contributed by atoms with E-state index in [2.05, 4.69) is 11.8 Å². The Bertz CT molecular complexity index is 327. The molecule has 5 fully saturated rings. The van der Waals surface area contributed by atoms with Gasteiger partial charge in [-0.15, -0.1) is 0 Å². The van der Waals surface area contributed by atoms with E-state index in [4.69, 9.17) is 5.73 Å². The van der Waals surface area contributed by atoms with Gasteiger partial charge in [0.1, 0.15) is 0 Å². The molecule has 0 aromatic rings. The summed E-state index contributed by atoms with van der Waals surface area (Å²) < 4.78 is 0. The van der Waals surface area contributed by atoms with Crippen molar-refractivity contribution in [3.8, 4) is 0 Å². The minimum atomic E-state index is 0.383. The molecule has 4 aliphatic carbocycles. The summed E-state index contributed by atoms with van der Waals surface area (Å²) in [5, 5.41) is 0. The van der Waals surface area contributed by atoms with E-state index in [-0.39, 0.29) is 0 Å². The summed E-state index contributed by atoms with van der Waals surface area (Å²) in [7, 11) is 0. The van der Waals surface area contributed by atoms with Crippen LogP contribution in [0.1, 0.15) is 58.3 Å². The highest BCUT2D eigenvalue weighted by molar-refractivity contribution is 5.02. The van der Waals surface area contributed by atoms with Crippen molar-refractivity contribution in [2.24, 2.45) is 34.8 Å². The molecular weight excluding hydrogens is 244 g/mol. The first-order valence-corrected chi connectivity index (χ1v) is 9.10. The third-order valence-corrected chi connectivity index (χ3v) is 7.01. The molecule has 2 nitrogen and oxygen atoms in total. The molecule has 0 aromatic carbocycles. The topological polar surface area (TPSA) is 29.3 Å². The summed E-state index contributed by atoms with van der Waals surface area (Å²) >= 11 is 0. The molecule has 2 unspecified atom stereocenters. The molecule has 0 aromatic heterocycles. The molecule has 2 heteroatoms. The number of hydrogen-bond acceptors (Lipinski definition) is 2. The van der Waals surface area contributed by atoms with Gasteiger partial charge in [0, 0.05) is 19.1 Å². The summed E-state index contributed by atoms with van der Waals surface area (Å²) in [5.41, 5.74) is 6.88. The Morgan fingerprint density at radius 1 is 1.10 bits per heavy atom. The standard InChI is InChI=1S/C18H32N2/c1-13(19)17-3-2-4-20(11-17)12-18-8-14-5-15(9-18)7-16(6-14)10-18/h13-17H,2-12,19H2,1H3. The van der Waals surface area contributed by atoms with Crippen molar-refractivity contribution in [1.82, 2.24) is 4.90 Å². The van der Waals surface area contributed by atoms with E-state index in [9.17, 15) is 0 Å². The number of piperidine rings is 1. The van der Waals surface area contributed by atoms with Crippen LogP contribution >= 0.6 is 0 Å². The molecule has 1 aliphatic heterocycles. The van der Waals surface area contributed by atoms with Gasteiger partial charge in [0.2, 0.25) is 0 Å². The van der Waals surface area contributed by atoms with Crippen molar-refractivity contribution in [2.45, 2.75) is 64.3 Å². The first-order chi connectivity index (χ1) is 9.62. The lowest BCUT2D eigenvalue weighted by atomic mass is 9.49. The number of nitrogens with zero attached hydrogens (tertiary/aromatic N) is 1. The fourth-order valence-electron chi connectivity index (χ4n) is 6.62. The smallest absolute Gasteiger partial charge is 0.00509 e. The summed E-state index contributed by atoms with van der Waals surface area (Å²) in [6.07, 6.45) is 12.1. The van der Waals surface area contributed by atoms with E-state index in [0.717, 1.165) is 23.7 Å². The fraction of sp³-hybridized carbons (Fsp3) is 1.00. The molecular formula is C18H32N2. The lowest BCUT2D eigenvalue weighted by Gasteiger charge is -2.58. The van der Waals surface area contributed by atoms with Crippen molar-refractivity contribution >= 4 is 0 Å². The zero-order chi connectivity index (χ0) is 13.7. The van der Waals surface area contributed by atoms with Gasteiger partial charge in [0.25, 0.3) is 0 Å². The SMILES string of the molecule is CC(N)C1CCCN(CC23CC4CC(CC(C4)C2)C3)C1. The maximum atomic E-state index is 6.16. The fourth-order valence-corrected chi connectivity index (χ4v) is 6.62. The maximum Gasteiger partial charge on any atom is 0.00509 e. The Hall–Kier alpha value is -0.0800. The molecule has 0 radical (unpaired) electrons. The van der Waals surface area contributed by atoms with E-state index in [1.54, 1.807) is 38.5 Å². The van der Waals surface area contributed by atoms with Crippen LogP contribution in [0.2, 0.25) is 0 Å². The Morgan fingerprint density at radius 3 is 2.25 bits per heavy atom. The Kier molecular flexibility index (Phi) is 3.38. The highest BCUT2D eigenvalue weighted by Crippen LogP contribution is 2.60. The predicted octanol–water partition coefficient (Wildman–Crippen LogP) is 3.26. The molecule has 20 heavy (non-hydrogen) atoms. The van der Waals surface area contributed by atoms with Gasteiger partial charge in [-0.05, 0) is 93.9 Å². The molecule has 4 bridgehead atoms. The summed E-state index contributed by atoms with van der Waals surface area (Å²) in [6.45, 7) is 6.23. The lowest BCUT2D eigenvalue weighted by molar-refractivity contribution is -0.0737. The molecule has 2 atom stereocenters. The van der Waals surface area contributed by atoms with E-state index in [0.29, 0.717) is 11.5 Å². The lowest BCUT2D eigenvalue weighted by Crippen LogP contribution is -2.53. The Balaban J connectivity index is 1.43. The van der Waals surface area contributed by atoms with Gasteiger partial charge in [-0.2, -0.15) is 0 Å². The van der Waals surface area contributed by atoms with Gasteiger partial charge in [-0.25, -0.2) is 0 Å². The second kappa shape index (κ2) is 4.98. The van der Waals surface area contributed by atoms with Crippen molar-refractivity contribution in [3.63, 3.8) is 0 Å². The molecule has 5 aliphatic rings. The highest BCUT2D eigenvalue weighted by atomic mass is 15.1. The van der Waals surface area contributed by atoms with Gasteiger partial charge in [0.05, 0.1) is 0 Å². The van der Waals surface area contributed by atoms with Crippen molar-refractivity contribution in [3.05, 3.63) is 0 Å². The number of nitrogens with two attached hydrogens (primary N) is 1. The van der Waals surface area contributed by atoms with Crippen LogP contribution in [0.25, 0.3) is 0 Å². The first kappa shape index (κ1) is 13.6. The third kappa shape index (κ3) is 2.43. The average Bonchev–Trinajstić information content (AvgIpc) is 2.36. The van der Waals surface area contributed by atoms with Crippen LogP contribution < -0.4 is 5.73 Å². The largest absolute Gasteiger partial charge is 0.328 e. The van der Waals surface area contributed by atoms with Gasteiger partial charge < -0.3 is 10.6 Å². The molecule has 2 N–H and O–H groups in total. The van der Waals surface area contributed by atoms with Crippen LogP contribution in [0.3, 0.4) is 0 Å². The van der Waals surface area contributed by atoms with E-state index >= 15 is 0 Å². The van der Waals surface area contributed by atoms with Crippen molar-refractivity contribution in [1.29, 1.82) is 0 Å². The van der Waals surface area contributed by atoms with Gasteiger partial charge >= 0.3 is 0 Å². The quantitative estimate of drug-likeness (QED) is 0.857. The molecule has 114 valence electrons. The summed E-state index contributed by atoms with van der Waals surface area (Å²) in [5.74, 6) is 4.03. The van der Waals surface area contributed by atoms with Crippen LogP contribution in [0.4, 0.5) is 0 Å². The third-order valence-electron chi connectivity index (χ3n) is 7.01. The monoisotopic (exact) mass is 276 g/mol. The van der Waals surface area contributed by atoms with Crippen LogP contribution in [-0.4, -0.2) is 30.6 Å². The molecule has 1 heterocycles. The molecule has 4 saturated carbocycles. The highest BCUT2D eigenvalue weighted by Gasteiger charge is 2.51. The van der Waals surface area contributed by atoms with Gasteiger partial charge in [-0.3, -0.25) is 0 Å². The second-order valence-electron chi connectivity index (χ2n) is 8.91. The Morgan fingerprint density at radius 2 is 1.70 bits per heavy atom. The normalized spacial score (nSPS) is 49.5. The average molecular weight is 276 g/mol. The number of hydrogen-bond donors (Lipinski definition) is 1.